The van der Waals surface area contributed by atoms with Crippen LogP contribution in [0.4, 0.5) is 0 Å². The number of hydrogen-bond acceptors (Lipinski definition) is 5. The maximum atomic E-state index is 5.67. The molecule has 0 unspecified atom stereocenters. The zero-order valence-corrected chi connectivity index (χ0v) is 18.8. The van der Waals surface area contributed by atoms with Crippen molar-refractivity contribution in [2.75, 3.05) is 19.6 Å². The van der Waals surface area contributed by atoms with E-state index < -0.39 is 0 Å². The van der Waals surface area contributed by atoms with Crippen molar-refractivity contribution in [1.29, 1.82) is 0 Å². The third-order valence-corrected chi connectivity index (χ3v) is 4.93. The van der Waals surface area contributed by atoms with Crippen molar-refractivity contribution in [3.63, 3.8) is 0 Å². The Labute approximate surface area is 172 Å². The van der Waals surface area contributed by atoms with Gasteiger partial charge in [0.1, 0.15) is 0 Å². The van der Waals surface area contributed by atoms with Crippen LogP contribution >= 0.6 is 0 Å². The molecule has 0 fully saturated rings. The Morgan fingerprint density at radius 3 is 1.61 bits per heavy atom. The van der Waals surface area contributed by atoms with Crippen LogP contribution in [0.1, 0.15) is 71.9 Å². The fourth-order valence-corrected chi connectivity index (χ4v) is 2.81. The summed E-state index contributed by atoms with van der Waals surface area (Å²) in [6, 6.07) is 8.32. The number of benzene rings is 1. The molecule has 158 valence electrons. The normalized spacial score (nSPS) is 13.7. The predicted molar refractivity (Wildman–Crippen MR) is 124 cm³/mol. The molecular weight excluding hydrogens is 346 g/mol. The minimum Gasteiger partial charge on any atom is -0.330 e. The highest BCUT2D eigenvalue weighted by Crippen LogP contribution is 2.16. The van der Waals surface area contributed by atoms with Crippen LogP contribution in [0, 0.1) is 0 Å². The lowest BCUT2D eigenvalue weighted by atomic mass is 9.97. The average molecular weight is 388 g/mol. The Balaban J connectivity index is 2.60. The van der Waals surface area contributed by atoms with Crippen LogP contribution in [0.2, 0.25) is 0 Å². The molecule has 0 bridgehead atoms. The second-order valence-electron chi connectivity index (χ2n) is 9.45. The Hall–Kier alpha value is -1.56. The second-order valence-corrected chi connectivity index (χ2v) is 9.45. The van der Waals surface area contributed by atoms with Crippen LogP contribution in [-0.4, -0.2) is 48.7 Å². The quantitative estimate of drug-likeness (QED) is 0.479. The highest BCUT2D eigenvalue weighted by Gasteiger charge is 2.19. The molecule has 0 radical (unpaired) electrons. The molecule has 5 N–H and O–H groups in total. The molecule has 5 nitrogen and oxygen atoms in total. The first kappa shape index (κ1) is 24.5. The van der Waals surface area contributed by atoms with Gasteiger partial charge in [0.2, 0.25) is 0 Å². The topological polar surface area (TPSA) is 88.8 Å². The van der Waals surface area contributed by atoms with Gasteiger partial charge >= 0.3 is 0 Å². The van der Waals surface area contributed by atoms with Crippen LogP contribution in [0.15, 0.2) is 34.3 Å². The molecule has 0 aliphatic carbocycles. The molecule has 0 aromatic heterocycles. The SMILES string of the molecule is CC(C)(CCN)N=Cc1ccc(C=NC(C)(C)CCNC(C)(C)CCN)cc1. The zero-order valence-electron chi connectivity index (χ0n) is 18.8. The van der Waals surface area contributed by atoms with Crippen molar-refractivity contribution in [3.8, 4) is 0 Å². The molecular formula is C23H41N5. The number of rotatable bonds is 12. The van der Waals surface area contributed by atoms with Crippen LogP contribution < -0.4 is 16.8 Å². The maximum Gasteiger partial charge on any atom is 0.0564 e. The lowest BCUT2D eigenvalue weighted by Crippen LogP contribution is -2.42. The monoisotopic (exact) mass is 387 g/mol. The molecule has 1 aromatic carbocycles. The summed E-state index contributed by atoms with van der Waals surface area (Å²) < 4.78 is 0. The minimum atomic E-state index is -0.119. The lowest BCUT2D eigenvalue weighted by molar-refractivity contribution is 0.343. The van der Waals surface area contributed by atoms with E-state index in [2.05, 4.69) is 76.1 Å². The first-order chi connectivity index (χ1) is 13.0. The molecule has 0 saturated heterocycles. The van der Waals surface area contributed by atoms with Crippen molar-refractivity contribution < 1.29 is 0 Å². The van der Waals surface area contributed by atoms with Crippen LogP contribution in [0.3, 0.4) is 0 Å². The van der Waals surface area contributed by atoms with E-state index in [1.165, 1.54) is 0 Å². The Morgan fingerprint density at radius 2 is 1.18 bits per heavy atom. The number of nitrogens with one attached hydrogen (secondary N) is 1. The van der Waals surface area contributed by atoms with Gasteiger partial charge in [-0.25, -0.2) is 0 Å². The predicted octanol–water partition coefficient (Wildman–Crippen LogP) is 3.54. The summed E-state index contributed by atoms with van der Waals surface area (Å²) in [4.78, 5) is 9.44. The van der Waals surface area contributed by atoms with E-state index >= 15 is 0 Å². The van der Waals surface area contributed by atoms with Crippen molar-refractivity contribution in [2.45, 2.75) is 77.4 Å². The third-order valence-electron chi connectivity index (χ3n) is 4.93. The molecule has 0 amide bonds. The molecule has 0 saturated carbocycles. The maximum absolute atomic E-state index is 5.67. The average Bonchev–Trinajstić information content (AvgIpc) is 2.59. The van der Waals surface area contributed by atoms with Crippen molar-refractivity contribution in [1.82, 2.24) is 5.32 Å². The summed E-state index contributed by atoms with van der Waals surface area (Å²) in [5.74, 6) is 0. The van der Waals surface area contributed by atoms with Gasteiger partial charge in [0.05, 0.1) is 11.1 Å². The number of hydrogen-bond donors (Lipinski definition) is 3. The molecule has 0 spiro atoms. The summed E-state index contributed by atoms with van der Waals surface area (Å²) in [5, 5.41) is 3.58. The lowest BCUT2D eigenvalue weighted by Gasteiger charge is -2.28. The zero-order chi connectivity index (χ0) is 21.3. The molecule has 0 aliphatic heterocycles. The Bertz CT molecular complexity index is 627. The largest absolute Gasteiger partial charge is 0.330 e. The van der Waals surface area contributed by atoms with Crippen molar-refractivity contribution >= 4 is 12.4 Å². The van der Waals surface area contributed by atoms with Gasteiger partial charge in [0.15, 0.2) is 0 Å². The summed E-state index contributed by atoms with van der Waals surface area (Å²) in [6.45, 7) is 15.2. The van der Waals surface area contributed by atoms with Crippen molar-refractivity contribution in [3.05, 3.63) is 35.4 Å². The molecule has 1 rings (SSSR count). The highest BCUT2D eigenvalue weighted by atomic mass is 15.0. The Kier molecular flexibility index (Phi) is 9.48. The van der Waals surface area contributed by atoms with Crippen LogP contribution in [-0.2, 0) is 0 Å². The van der Waals surface area contributed by atoms with Gasteiger partial charge in [-0.2, -0.15) is 0 Å². The number of nitrogens with two attached hydrogens (primary N) is 2. The molecule has 0 atom stereocenters. The van der Waals surface area contributed by atoms with E-state index in [0.717, 1.165) is 36.9 Å². The fourth-order valence-electron chi connectivity index (χ4n) is 2.81. The van der Waals surface area contributed by atoms with Crippen LogP contribution in [0.5, 0.6) is 0 Å². The summed E-state index contributed by atoms with van der Waals surface area (Å²) in [7, 11) is 0. The van der Waals surface area contributed by atoms with Gasteiger partial charge in [0.25, 0.3) is 0 Å². The molecule has 28 heavy (non-hydrogen) atoms. The first-order valence-corrected chi connectivity index (χ1v) is 10.3. The van der Waals surface area contributed by atoms with Gasteiger partial charge in [-0.15, -0.1) is 0 Å². The van der Waals surface area contributed by atoms with E-state index in [1.54, 1.807) is 0 Å². The number of nitrogens with zero attached hydrogens (tertiary/aromatic N) is 2. The summed E-state index contributed by atoms with van der Waals surface area (Å²) in [5.41, 5.74) is 13.3. The fraction of sp³-hybridized carbons (Fsp3) is 0.652. The number of aliphatic imine (C=N–C) groups is 2. The standard InChI is InChI=1S/C23H41N5/c1-21(2,11-14-24)26-16-13-23(5,6)28-18-20-9-7-19(8-10-20)17-27-22(3,4)12-15-25/h7-10,17-18,26H,11-16,24-25H2,1-6H3. The molecule has 0 heterocycles. The third kappa shape index (κ3) is 10.1. The van der Waals surface area contributed by atoms with E-state index in [4.69, 9.17) is 16.5 Å². The van der Waals surface area contributed by atoms with Gasteiger partial charge in [-0.1, -0.05) is 24.3 Å². The summed E-state index contributed by atoms with van der Waals surface area (Å²) >= 11 is 0. The highest BCUT2D eigenvalue weighted by molar-refractivity contribution is 5.84. The van der Waals surface area contributed by atoms with Gasteiger partial charge < -0.3 is 16.8 Å². The van der Waals surface area contributed by atoms with Crippen LogP contribution in [0.25, 0.3) is 0 Å². The molecule has 5 heteroatoms. The smallest absolute Gasteiger partial charge is 0.0564 e. The molecule has 0 aliphatic rings. The van der Waals surface area contributed by atoms with E-state index in [9.17, 15) is 0 Å². The van der Waals surface area contributed by atoms with Gasteiger partial charge in [-0.3, -0.25) is 9.98 Å². The minimum absolute atomic E-state index is 0.0741. The van der Waals surface area contributed by atoms with Crippen molar-refractivity contribution in [2.24, 2.45) is 21.5 Å². The Morgan fingerprint density at radius 1 is 0.750 bits per heavy atom. The first-order valence-electron chi connectivity index (χ1n) is 10.3. The van der Waals surface area contributed by atoms with Gasteiger partial charge in [0, 0.05) is 18.0 Å². The van der Waals surface area contributed by atoms with E-state index in [-0.39, 0.29) is 16.6 Å². The summed E-state index contributed by atoms with van der Waals surface area (Å²) in [6.07, 6.45) is 6.70. The van der Waals surface area contributed by atoms with Gasteiger partial charge in [-0.05, 0) is 91.6 Å². The molecule has 1 aromatic rings. The van der Waals surface area contributed by atoms with E-state index in [0.29, 0.717) is 13.1 Å². The second kappa shape index (κ2) is 10.8. The van der Waals surface area contributed by atoms with E-state index in [1.807, 2.05) is 12.4 Å².